The van der Waals surface area contributed by atoms with Crippen LogP contribution in [0, 0.1) is 0 Å². The van der Waals surface area contributed by atoms with Crippen molar-refractivity contribution < 1.29 is 19.1 Å². The van der Waals surface area contributed by atoms with E-state index in [1.807, 2.05) is 24.3 Å². The van der Waals surface area contributed by atoms with E-state index in [0.29, 0.717) is 23.5 Å². The number of nitrogens with zero attached hydrogens (tertiary/aromatic N) is 2. The molecule has 3 amide bonds. The van der Waals surface area contributed by atoms with Crippen LogP contribution in [0.4, 0.5) is 5.69 Å². The molecule has 2 N–H and O–H groups in total. The Balaban J connectivity index is 1.26. The summed E-state index contributed by atoms with van der Waals surface area (Å²) < 4.78 is 5.30. The SMILES string of the molecule is COc1ccccc1CNC(=O)c1ccc(NC(=O)CC2SC(N3CCCCC3)=NC2=O)cc1. The van der Waals surface area contributed by atoms with Crippen LogP contribution in [0.1, 0.15) is 41.6 Å². The minimum atomic E-state index is -0.489. The van der Waals surface area contributed by atoms with Gasteiger partial charge in [0.25, 0.3) is 11.8 Å². The highest BCUT2D eigenvalue weighted by molar-refractivity contribution is 8.15. The molecule has 2 heterocycles. The number of carbonyl (C=O) groups excluding carboxylic acids is 3. The van der Waals surface area contributed by atoms with Gasteiger partial charge in [0.05, 0.1) is 7.11 Å². The van der Waals surface area contributed by atoms with Crippen molar-refractivity contribution in [3.05, 3.63) is 59.7 Å². The highest BCUT2D eigenvalue weighted by Gasteiger charge is 2.33. The molecule has 9 heteroatoms. The number of hydrogen-bond acceptors (Lipinski definition) is 6. The number of thioether (sulfide) groups is 1. The summed E-state index contributed by atoms with van der Waals surface area (Å²) in [6.45, 7) is 2.17. The first-order chi connectivity index (χ1) is 16.5. The van der Waals surface area contributed by atoms with E-state index < -0.39 is 5.25 Å². The average Bonchev–Trinajstić information content (AvgIpc) is 3.23. The van der Waals surface area contributed by atoms with Gasteiger partial charge < -0.3 is 20.3 Å². The molecule has 0 aliphatic carbocycles. The number of amidine groups is 1. The smallest absolute Gasteiger partial charge is 0.262 e. The highest BCUT2D eigenvalue weighted by Crippen LogP contribution is 2.29. The van der Waals surface area contributed by atoms with Gasteiger partial charge in [-0.25, -0.2) is 0 Å². The lowest BCUT2D eigenvalue weighted by atomic mass is 10.1. The quantitative estimate of drug-likeness (QED) is 0.630. The van der Waals surface area contributed by atoms with Crippen molar-refractivity contribution in [2.24, 2.45) is 4.99 Å². The Morgan fingerprint density at radius 2 is 1.82 bits per heavy atom. The summed E-state index contributed by atoms with van der Waals surface area (Å²) in [5, 5.41) is 5.93. The topological polar surface area (TPSA) is 100 Å². The number of hydrogen-bond donors (Lipinski definition) is 2. The van der Waals surface area contributed by atoms with Crippen molar-refractivity contribution in [1.29, 1.82) is 0 Å². The zero-order valence-electron chi connectivity index (χ0n) is 19.1. The van der Waals surface area contributed by atoms with Crippen molar-refractivity contribution in [3.8, 4) is 5.75 Å². The number of carbonyl (C=O) groups is 3. The number of piperidine rings is 1. The van der Waals surface area contributed by atoms with Crippen LogP contribution in [0.3, 0.4) is 0 Å². The van der Waals surface area contributed by atoms with Crippen molar-refractivity contribution in [3.63, 3.8) is 0 Å². The average molecular weight is 481 g/mol. The first-order valence-corrected chi connectivity index (χ1v) is 12.3. The maximum absolute atomic E-state index is 12.5. The Morgan fingerprint density at radius 1 is 1.09 bits per heavy atom. The summed E-state index contributed by atoms with van der Waals surface area (Å²) in [5.41, 5.74) is 1.93. The fourth-order valence-corrected chi connectivity index (χ4v) is 5.06. The standard InChI is InChI=1S/C25H28N4O4S/c1-33-20-8-4-3-7-18(20)16-26-23(31)17-9-11-19(12-10-17)27-22(30)15-21-24(32)28-25(34-21)29-13-5-2-6-14-29/h3-4,7-12,21H,2,5-6,13-16H2,1H3,(H,26,31)(H,27,30). The zero-order chi connectivity index (χ0) is 23.9. The Hall–Kier alpha value is -3.33. The molecule has 1 saturated heterocycles. The molecule has 2 aliphatic rings. The summed E-state index contributed by atoms with van der Waals surface area (Å²) >= 11 is 1.38. The van der Waals surface area contributed by atoms with Gasteiger partial charge in [0.2, 0.25) is 5.91 Å². The molecule has 1 atom stereocenters. The van der Waals surface area contributed by atoms with Gasteiger partial charge >= 0.3 is 0 Å². The predicted octanol–water partition coefficient (Wildman–Crippen LogP) is 3.44. The normalized spacial score (nSPS) is 17.8. The van der Waals surface area contributed by atoms with Crippen LogP contribution in [0.25, 0.3) is 0 Å². The largest absolute Gasteiger partial charge is 0.496 e. The van der Waals surface area contributed by atoms with Gasteiger partial charge in [0, 0.05) is 42.9 Å². The fraction of sp³-hybridized carbons (Fsp3) is 0.360. The monoisotopic (exact) mass is 480 g/mol. The summed E-state index contributed by atoms with van der Waals surface area (Å²) in [4.78, 5) is 43.6. The summed E-state index contributed by atoms with van der Waals surface area (Å²) in [5.74, 6) is -0.00977. The van der Waals surface area contributed by atoms with Crippen LogP contribution in [0.5, 0.6) is 5.75 Å². The van der Waals surface area contributed by atoms with E-state index in [2.05, 4.69) is 20.5 Å². The number of anilines is 1. The van der Waals surface area contributed by atoms with Gasteiger partial charge in [-0.1, -0.05) is 30.0 Å². The van der Waals surface area contributed by atoms with Gasteiger partial charge in [-0.3, -0.25) is 14.4 Å². The number of methoxy groups -OCH3 is 1. The third kappa shape index (κ3) is 5.96. The highest BCUT2D eigenvalue weighted by atomic mass is 32.2. The zero-order valence-corrected chi connectivity index (χ0v) is 19.9. The van der Waals surface area contributed by atoms with E-state index in [0.717, 1.165) is 36.7 Å². The van der Waals surface area contributed by atoms with Crippen LogP contribution >= 0.6 is 11.8 Å². The minimum absolute atomic E-state index is 0.0610. The van der Waals surface area contributed by atoms with E-state index in [4.69, 9.17) is 4.74 Å². The molecule has 1 fully saturated rings. The number of para-hydroxylation sites is 1. The van der Waals surface area contributed by atoms with E-state index in [1.54, 1.807) is 31.4 Å². The second kappa shape index (κ2) is 11.2. The number of rotatable bonds is 7. The summed E-state index contributed by atoms with van der Waals surface area (Å²) in [6, 6.07) is 14.2. The van der Waals surface area contributed by atoms with Gasteiger partial charge in [0.15, 0.2) is 5.17 Å². The number of nitrogens with one attached hydrogen (secondary N) is 2. The molecule has 178 valence electrons. The van der Waals surface area contributed by atoms with Crippen LogP contribution < -0.4 is 15.4 Å². The molecule has 0 aromatic heterocycles. The molecular weight excluding hydrogens is 452 g/mol. The third-order valence-electron chi connectivity index (χ3n) is 5.79. The molecule has 4 rings (SSSR count). The van der Waals surface area contributed by atoms with E-state index in [1.165, 1.54) is 18.2 Å². The van der Waals surface area contributed by atoms with Gasteiger partial charge in [-0.05, 0) is 49.6 Å². The number of ether oxygens (including phenoxy) is 1. The van der Waals surface area contributed by atoms with Crippen molar-refractivity contribution in [2.75, 3.05) is 25.5 Å². The molecule has 2 aromatic carbocycles. The van der Waals surface area contributed by atoms with Crippen LogP contribution in [-0.2, 0) is 16.1 Å². The molecule has 2 aromatic rings. The molecule has 1 unspecified atom stereocenters. The van der Waals surface area contributed by atoms with Gasteiger partial charge in [-0.15, -0.1) is 0 Å². The Morgan fingerprint density at radius 3 is 2.56 bits per heavy atom. The Bertz CT molecular complexity index is 1080. The lowest BCUT2D eigenvalue weighted by Gasteiger charge is -2.27. The van der Waals surface area contributed by atoms with Crippen molar-refractivity contribution >= 4 is 40.3 Å². The van der Waals surface area contributed by atoms with Crippen molar-refractivity contribution in [1.82, 2.24) is 10.2 Å². The first kappa shape index (κ1) is 23.8. The predicted molar refractivity (Wildman–Crippen MR) is 133 cm³/mol. The van der Waals surface area contributed by atoms with Crippen LogP contribution in [0.2, 0.25) is 0 Å². The number of aliphatic imine (C=N–C) groups is 1. The van der Waals surface area contributed by atoms with Gasteiger partial charge in [-0.2, -0.15) is 4.99 Å². The summed E-state index contributed by atoms with van der Waals surface area (Å²) in [6.07, 6.45) is 3.47. The van der Waals surface area contributed by atoms with E-state index >= 15 is 0 Å². The Kier molecular flexibility index (Phi) is 7.84. The van der Waals surface area contributed by atoms with Crippen LogP contribution in [-0.4, -0.2) is 53.2 Å². The minimum Gasteiger partial charge on any atom is -0.496 e. The Labute approximate surface area is 203 Å². The van der Waals surface area contributed by atoms with E-state index in [-0.39, 0.29) is 24.1 Å². The molecule has 0 bridgehead atoms. The molecule has 0 spiro atoms. The molecule has 2 aliphatic heterocycles. The number of benzene rings is 2. The maximum atomic E-state index is 12.5. The van der Waals surface area contributed by atoms with Crippen LogP contribution in [0.15, 0.2) is 53.5 Å². The first-order valence-electron chi connectivity index (χ1n) is 11.4. The lowest BCUT2D eigenvalue weighted by molar-refractivity contribution is -0.121. The second-order valence-electron chi connectivity index (χ2n) is 8.21. The number of likely N-dealkylation sites (tertiary alicyclic amines) is 1. The molecule has 0 radical (unpaired) electrons. The molecule has 0 saturated carbocycles. The van der Waals surface area contributed by atoms with Crippen molar-refractivity contribution in [2.45, 2.75) is 37.5 Å². The lowest BCUT2D eigenvalue weighted by Crippen LogP contribution is -2.33. The number of amides is 3. The molecular formula is C25H28N4O4S. The van der Waals surface area contributed by atoms with E-state index in [9.17, 15) is 14.4 Å². The third-order valence-corrected chi connectivity index (χ3v) is 7.00. The fourth-order valence-electron chi connectivity index (χ4n) is 3.94. The molecule has 34 heavy (non-hydrogen) atoms. The summed E-state index contributed by atoms with van der Waals surface area (Å²) in [7, 11) is 1.59. The maximum Gasteiger partial charge on any atom is 0.262 e. The van der Waals surface area contributed by atoms with Gasteiger partial charge in [0.1, 0.15) is 11.0 Å². The second-order valence-corrected chi connectivity index (χ2v) is 9.38. The molecule has 8 nitrogen and oxygen atoms in total.